The average Bonchev–Trinajstić information content (AvgIpc) is 2.68. The first kappa shape index (κ1) is 15.3. The standard InChI is InChI=1S/C17H26ClN3/c1-12-9-13(18)3-6-16(12)17(10-19)21-8-7-14-4-5-15(11-21)20(14)2/h3,6,9,14-15,17H,4-5,7-8,10-11,19H2,1-2H3. The molecular weight excluding hydrogens is 282 g/mol. The molecule has 2 saturated heterocycles. The third-order valence-corrected chi connectivity index (χ3v) is 5.67. The summed E-state index contributed by atoms with van der Waals surface area (Å²) in [5, 5.41) is 0.807. The number of rotatable bonds is 3. The largest absolute Gasteiger partial charge is 0.329 e. The number of benzene rings is 1. The van der Waals surface area contributed by atoms with E-state index in [1.165, 1.54) is 30.4 Å². The van der Waals surface area contributed by atoms with Gasteiger partial charge in [0, 0.05) is 42.8 Å². The van der Waals surface area contributed by atoms with Gasteiger partial charge in [-0.15, -0.1) is 0 Å². The molecule has 21 heavy (non-hydrogen) atoms. The third kappa shape index (κ3) is 2.98. The average molecular weight is 308 g/mol. The van der Waals surface area contributed by atoms with Crippen molar-refractivity contribution in [1.82, 2.24) is 9.80 Å². The van der Waals surface area contributed by atoms with Crippen LogP contribution in [0.1, 0.15) is 36.4 Å². The van der Waals surface area contributed by atoms with Crippen molar-refractivity contribution in [3.05, 3.63) is 34.3 Å². The number of nitrogens with two attached hydrogens (primary N) is 1. The van der Waals surface area contributed by atoms with Crippen LogP contribution in [0.25, 0.3) is 0 Å². The highest BCUT2D eigenvalue weighted by Gasteiger charge is 2.36. The van der Waals surface area contributed by atoms with E-state index in [1.54, 1.807) is 0 Å². The molecule has 3 atom stereocenters. The summed E-state index contributed by atoms with van der Waals surface area (Å²) in [6.07, 6.45) is 3.95. The van der Waals surface area contributed by atoms with Crippen LogP contribution in [0.4, 0.5) is 0 Å². The molecule has 0 spiro atoms. The SMILES string of the molecule is Cc1cc(Cl)ccc1C(CN)N1CCC2CCC(C1)N2C. The molecule has 3 rings (SSSR count). The highest BCUT2D eigenvalue weighted by Crippen LogP contribution is 2.33. The highest BCUT2D eigenvalue weighted by molar-refractivity contribution is 6.30. The molecule has 2 fully saturated rings. The maximum atomic E-state index is 6.14. The van der Waals surface area contributed by atoms with Gasteiger partial charge in [-0.05, 0) is 56.5 Å². The van der Waals surface area contributed by atoms with Crippen LogP contribution in [0.2, 0.25) is 5.02 Å². The molecule has 2 aliphatic heterocycles. The molecule has 0 aromatic heterocycles. The fourth-order valence-corrected chi connectivity index (χ4v) is 4.33. The first-order valence-electron chi connectivity index (χ1n) is 8.02. The van der Waals surface area contributed by atoms with Gasteiger partial charge in [0.1, 0.15) is 0 Å². The van der Waals surface area contributed by atoms with Gasteiger partial charge in [-0.25, -0.2) is 0 Å². The fourth-order valence-electron chi connectivity index (χ4n) is 4.10. The predicted octanol–water partition coefficient (Wildman–Crippen LogP) is 2.82. The van der Waals surface area contributed by atoms with E-state index in [-0.39, 0.29) is 0 Å². The van der Waals surface area contributed by atoms with E-state index in [2.05, 4.69) is 35.9 Å². The molecule has 1 aromatic carbocycles. The summed E-state index contributed by atoms with van der Waals surface area (Å²) in [4.78, 5) is 5.18. The Morgan fingerprint density at radius 2 is 2.05 bits per heavy atom. The van der Waals surface area contributed by atoms with Crippen LogP contribution < -0.4 is 5.73 Å². The van der Waals surface area contributed by atoms with E-state index in [4.69, 9.17) is 17.3 Å². The molecule has 2 aliphatic rings. The normalized spacial score (nSPS) is 28.6. The van der Waals surface area contributed by atoms with E-state index in [9.17, 15) is 0 Å². The molecule has 1 aromatic rings. The van der Waals surface area contributed by atoms with Gasteiger partial charge in [-0.3, -0.25) is 9.80 Å². The Balaban J connectivity index is 1.83. The molecule has 0 saturated carbocycles. The van der Waals surface area contributed by atoms with Crippen LogP contribution in [-0.2, 0) is 0 Å². The molecule has 2 N–H and O–H groups in total. The second-order valence-electron chi connectivity index (χ2n) is 6.59. The number of hydrogen-bond donors (Lipinski definition) is 1. The molecule has 2 bridgehead atoms. The Kier molecular flexibility index (Phi) is 4.55. The number of nitrogens with zero attached hydrogens (tertiary/aromatic N) is 2. The minimum Gasteiger partial charge on any atom is -0.329 e. The van der Waals surface area contributed by atoms with Crippen molar-refractivity contribution < 1.29 is 0 Å². The van der Waals surface area contributed by atoms with E-state index in [1.807, 2.05) is 6.07 Å². The Hall–Kier alpha value is -0.610. The van der Waals surface area contributed by atoms with Crippen molar-refractivity contribution in [3.8, 4) is 0 Å². The van der Waals surface area contributed by atoms with Crippen LogP contribution in [-0.4, -0.2) is 48.6 Å². The maximum absolute atomic E-state index is 6.14. The van der Waals surface area contributed by atoms with Gasteiger partial charge in [0.2, 0.25) is 0 Å². The summed E-state index contributed by atoms with van der Waals surface area (Å²) in [5.74, 6) is 0. The molecule has 0 amide bonds. The van der Waals surface area contributed by atoms with E-state index in [0.717, 1.165) is 24.2 Å². The smallest absolute Gasteiger partial charge is 0.0473 e. The molecule has 4 heteroatoms. The van der Waals surface area contributed by atoms with Crippen molar-refractivity contribution in [2.24, 2.45) is 5.73 Å². The molecule has 3 nitrogen and oxygen atoms in total. The summed E-state index contributed by atoms with van der Waals surface area (Å²) < 4.78 is 0. The van der Waals surface area contributed by atoms with Gasteiger partial charge in [-0.1, -0.05) is 17.7 Å². The van der Waals surface area contributed by atoms with Gasteiger partial charge in [0.15, 0.2) is 0 Å². The van der Waals surface area contributed by atoms with Gasteiger partial charge in [-0.2, -0.15) is 0 Å². The molecule has 2 heterocycles. The minimum absolute atomic E-state index is 0.315. The first-order valence-corrected chi connectivity index (χ1v) is 8.40. The zero-order chi connectivity index (χ0) is 15.0. The van der Waals surface area contributed by atoms with E-state index < -0.39 is 0 Å². The van der Waals surface area contributed by atoms with Gasteiger partial charge in [0.25, 0.3) is 0 Å². The number of aryl methyl sites for hydroxylation is 1. The molecule has 0 aliphatic carbocycles. The van der Waals surface area contributed by atoms with Crippen molar-refractivity contribution in [2.75, 3.05) is 26.7 Å². The van der Waals surface area contributed by atoms with Gasteiger partial charge in [0.05, 0.1) is 0 Å². The Bertz CT molecular complexity index is 505. The summed E-state index contributed by atoms with van der Waals surface area (Å²) in [6.45, 7) is 5.09. The van der Waals surface area contributed by atoms with Crippen LogP contribution in [0.3, 0.4) is 0 Å². The zero-order valence-electron chi connectivity index (χ0n) is 13.1. The fraction of sp³-hybridized carbons (Fsp3) is 0.647. The van der Waals surface area contributed by atoms with E-state index in [0.29, 0.717) is 18.6 Å². The third-order valence-electron chi connectivity index (χ3n) is 5.43. The van der Waals surface area contributed by atoms with Crippen molar-refractivity contribution in [2.45, 2.75) is 44.3 Å². The van der Waals surface area contributed by atoms with Gasteiger partial charge < -0.3 is 5.73 Å². The lowest BCUT2D eigenvalue weighted by molar-refractivity contribution is 0.174. The number of likely N-dealkylation sites (tertiary alicyclic amines) is 1. The zero-order valence-corrected chi connectivity index (χ0v) is 13.8. The van der Waals surface area contributed by atoms with Crippen molar-refractivity contribution in [1.29, 1.82) is 0 Å². The number of hydrogen-bond acceptors (Lipinski definition) is 3. The molecule has 0 radical (unpaired) electrons. The molecule has 116 valence electrons. The maximum Gasteiger partial charge on any atom is 0.0473 e. The summed E-state index contributed by atoms with van der Waals surface area (Å²) in [5.41, 5.74) is 8.72. The molecule has 3 unspecified atom stereocenters. The second-order valence-corrected chi connectivity index (χ2v) is 7.02. The summed E-state index contributed by atoms with van der Waals surface area (Å²) >= 11 is 6.10. The topological polar surface area (TPSA) is 32.5 Å². The number of fused-ring (bicyclic) bond motifs is 2. The lowest BCUT2D eigenvalue weighted by Crippen LogP contribution is -2.40. The summed E-state index contributed by atoms with van der Waals surface area (Å²) in [7, 11) is 2.29. The quantitative estimate of drug-likeness (QED) is 0.932. The lowest BCUT2D eigenvalue weighted by atomic mass is 9.98. The Labute approximate surface area is 133 Å². The van der Waals surface area contributed by atoms with Gasteiger partial charge >= 0.3 is 0 Å². The first-order chi connectivity index (χ1) is 10.1. The predicted molar refractivity (Wildman–Crippen MR) is 88.7 cm³/mol. The van der Waals surface area contributed by atoms with Crippen LogP contribution in [0.15, 0.2) is 18.2 Å². The number of halogens is 1. The Morgan fingerprint density at radius 3 is 2.76 bits per heavy atom. The summed E-state index contributed by atoms with van der Waals surface area (Å²) in [6, 6.07) is 7.97. The van der Waals surface area contributed by atoms with Crippen LogP contribution >= 0.6 is 11.6 Å². The molecular formula is C17H26ClN3. The monoisotopic (exact) mass is 307 g/mol. The Morgan fingerprint density at radius 1 is 1.29 bits per heavy atom. The van der Waals surface area contributed by atoms with Crippen LogP contribution in [0.5, 0.6) is 0 Å². The highest BCUT2D eigenvalue weighted by atomic mass is 35.5. The lowest BCUT2D eigenvalue weighted by Gasteiger charge is -2.33. The second kappa shape index (κ2) is 6.25. The van der Waals surface area contributed by atoms with Crippen molar-refractivity contribution in [3.63, 3.8) is 0 Å². The minimum atomic E-state index is 0.315. The van der Waals surface area contributed by atoms with E-state index >= 15 is 0 Å². The number of likely N-dealkylation sites (N-methyl/N-ethyl adjacent to an activating group) is 1. The van der Waals surface area contributed by atoms with Crippen molar-refractivity contribution >= 4 is 11.6 Å². The van der Waals surface area contributed by atoms with Crippen LogP contribution in [0, 0.1) is 6.92 Å².